The predicted octanol–water partition coefficient (Wildman–Crippen LogP) is 3.31. The van der Waals surface area contributed by atoms with Gasteiger partial charge < -0.3 is 16.0 Å². The molecule has 2 heterocycles. The number of rotatable bonds is 4. The molecule has 1 aromatic carbocycles. The van der Waals surface area contributed by atoms with E-state index in [0.29, 0.717) is 26.9 Å². The number of hydrogen-bond donors (Lipinski definition) is 2. The summed E-state index contributed by atoms with van der Waals surface area (Å²) in [7, 11) is 2.02. The topological polar surface area (TPSA) is 67.1 Å². The molecule has 122 valence electrons. The van der Waals surface area contributed by atoms with Gasteiger partial charge >= 0.3 is 0 Å². The lowest BCUT2D eigenvalue weighted by atomic mass is 10.2. The number of likely N-dealkylation sites (N-methyl/N-ethyl adjacent to an activating group) is 1. The molecule has 0 aliphatic carbocycles. The lowest BCUT2D eigenvalue weighted by Gasteiger charge is -2.24. The van der Waals surface area contributed by atoms with Crippen molar-refractivity contribution in [1.29, 1.82) is 0 Å². The number of nitrogens with zero attached hydrogens (tertiary/aromatic N) is 3. The average molecular weight is 370 g/mol. The molecule has 3 N–H and O–H groups in total. The first-order valence-corrected chi connectivity index (χ1v) is 8.81. The third-order valence-electron chi connectivity index (χ3n) is 3.82. The van der Waals surface area contributed by atoms with Crippen LogP contribution in [0, 0.1) is 0 Å². The van der Waals surface area contributed by atoms with Crippen molar-refractivity contribution in [2.75, 3.05) is 30.8 Å². The molecule has 1 unspecified atom stereocenters. The molecule has 0 amide bonds. The second-order valence-corrected chi connectivity index (χ2v) is 7.15. The van der Waals surface area contributed by atoms with Crippen molar-refractivity contribution < 1.29 is 0 Å². The lowest BCUT2D eigenvalue weighted by molar-refractivity contribution is 0.675. The largest absolute Gasteiger partial charge is 0.381 e. The molecule has 1 aliphatic rings. The predicted molar refractivity (Wildman–Crippen MR) is 96.7 cm³/mol. The van der Waals surface area contributed by atoms with Gasteiger partial charge in [0, 0.05) is 24.5 Å². The quantitative estimate of drug-likeness (QED) is 0.861. The summed E-state index contributed by atoms with van der Waals surface area (Å²) in [6.45, 7) is 1.98. The zero-order chi connectivity index (χ0) is 16.4. The van der Waals surface area contributed by atoms with E-state index >= 15 is 0 Å². The Morgan fingerprint density at radius 3 is 2.91 bits per heavy atom. The number of anilines is 2. The fourth-order valence-corrected chi connectivity index (χ4v) is 3.74. The van der Waals surface area contributed by atoms with Gasteiger partial charge in [-0.25, -0.2) is 9.97 Å². The van der Waals surface area contributed by atoms with Crippen LogP contribution in [0.3, 0.4) is 0 Å². The molecule has 8 heteroatoms. The summed E-state index contributed by atoms with van der Waals surface area (Å²) in [6.07, 6.45) is 2.84. The van der Waals surface area contributed by atoms with Crippen LogP contribution in [-0.4, -0.2) is 36.1 Å². The van der Waals surface area contributed by atoms with Gasteiger partial charge in [0.15, 0.2) is 5.82 Å². The zero-order valence-corrected chi connectivity index (χ0v) is 14.9. The van der Waals surface area contributed by atoms with E-state index in [2.05, 4.69) is 20.2 Å². The zero-order valence-electron chi connectivity index (χ0n) is 12.6. The Balaban J connectivity index is 1.80. The Bertz CT molecular complexity index is 706. The van der Waals surface area contributed by atoms with Gasteiger partial charge in [0.05, 0.1) is 16.2 Å². The van der Waals surface area contributed by atoms with Crippen LogP contribution in [0.4, 0.5) is 11.6 Å². The summed E-state index contributed by atoms with van der Waals surface area (Å²) in [5, 5.41) is 4.97. The lowest BCUT2D eigenvalue weighted by Crippen LogP contribution is -2.34. The normalized spacial score (nSPS) is 17.4. The Kier molecular flexibility index (Phi) is 5.16. The van der Waals surface area contributed by atoms with E-state index in [1.165, 1.54) is 11.8 Å². The molecular formula is C15H17Cl2N5S. The minimum absolute atomic E-state index is 0.390. The summed E-state index contributed by atoms with van der Waals surface area (Å²) < 4.78 is 0. The van der Waals surface area contributed by atoms with Crippen molar-refractivity contribution in [1.82, 2.24) is 15.3 Å². The standard InChI is InChI=1S/C15H17Cl2N5S/c1-22(9-5-6-19-7-9)12-8-20-15(14(18)21-12)23-11-4-2-3-10(16)13(11)17/h2-4,8-9,19H,5-7H2,1H3,(H2,18,21). The number of hydrogen-bond acceptors (Lipinski definition) is 6. The van der Waals surface area contributed by atoms with Crippen LogP contribution in [0.15, 0.2) is 34.3 Å². The second kappa shape index (κ2) is 7.13. The van der Waals surface area contributed by atoms with Crippen LogP contribution in [0.2, 0.25) is 10.0 Å². The van der Waals surface area contributed by atoms with Gasteiger partial charge in [0.1, 0.15) is 10.8 Å². The SMILES string of the molecule is CN(c1cnc(Sc2cccc(Cl)c2Cl)c(N)n1)C1CCNC1. The van der Waals surface area contributed by atoms with E-state index in [1.54, 1.807) is 12.3 Å². The van der Waals surface area contributed by atoms with E-state index in [-0.39, 0.29) is 0 Å². The third kappa shape index (κ3) is 3.66. The van der Waals surface area contributed by atoms with Crippen LogP contribution in [0.1, 0.15) is 6.42 Å². The smallest absolute Gasteiger partial charge is 0.158 e. The third-order valence-corrected chi connectivity index (χ3v) is 5.82. The first-order valence-electron chi connectivity index (χ1n) is 7.24. The van der Waals surface area contributed by atoms with E-state index in [9.17, 15) is 0 Å². The Labute approximate surface area is 149 Å². The number of nitrogens with two attached hydrogens (primary N) is 1. The summed E-state index contributed by atoms with van der Waals surface area (Å²) >= 11 is 13.6. The summed E-state index contributed by atoms with van der Waals surface area (Å²) in [5.74, 6) is 1.17. The van der Waals surface area contributed by atoms with Gasteiger partial charge in [-0.1, -0.05) is 41.0 Å². The monoisotopic (exact) mass is 369 g/mol. The van der Waals surface area contributed by atoms with Gasteiger partial charge in [-0.05, 0) is 25.1 Å². The molecule has 1 atom stereocenters. The van der Waals surface area contributed by atoms with E-state index < -0.39 is 0 Å². The second-order valence-electron chi connectivity index (χ2n) is 5.33. The molecule has 2 aromatic rings. The van der Waals surface area contributed by atoms with Crippen LogP contribution in [-0.2, 0) is 0 Å². The van der Waals surface area contributed by atoms with Crippen LogP contribution in [0.5, 0.6) is 0 Å². The van der Waals surface area contributed by atoms with E-state index in [1.807, 2.05) is 19.2 Å². The molecule has 5 nitrogen and oxygen atoms in total. The Hall–Kier alpha value is -1.21. The highest BCUT2D eigenvalue weighted by Gasteiger charge is 2.21. The van der Waals surface area contributed by atoms with Gasteiger partial charge in [0.25, 0.3) is 0 Å². The minimum atomic E-state index is 0.390. The van der Waals surface area contributed by atoms with Crippen molar-refractivity contribution in [3.8, 4) is 0 Å². The molecule has 0 radical (unpaired) electrons. The number of halogens is 2. The van der Waals surface area contributed by atoms with Crippen molar-refractivity contribution in [2.24, 2.45) is 0 Å². The summed E-state index contributed by atoms with van der Waals surface area (Å²) in [5.41, 5.74) is 6.08. The fourth-order valence-electron chi connectivity index (χ4n) is 2.46. The maximum atomic E-state index is 6.21. The van der Waals surface area contributed by atoms with Gasteiger partial charge in [-0.15, -0.1) is 0 Å². The minimum Gasteiger partial charge on any atom is -0.381 e. The first-order chi connectivity index (χ1) is 11.1. The van der Waals surface area contributed by atoms with Crippen molar-refractivity contribution in [2.45, 2.75) is 22.4 Å². The number of aromatic nitrogens is 2. The van der Waals surface area contributed by atoms with Crippen LogP contribution in [0.25, 0.3) is 0 Å². The van der Waals surface area contributed by atoms with Gasteiger partial charge in [0.2, 0.25) is 0 Å². The maximum absolute atomic E-state index is 6.21. The molecule has 0 saturated carbocycles. The summed E-state index contributed by atoms with van der Waals surface area (Å²) in [4.78, 5) is 11.9. The molecule has 3 rings (SSSR count). The number of nitrogen functional groups attached to an aromatic ring is 1. The van der Waals surface area contributed by atoms with Crippen LogP contribution < -0.4 is 16.0 Å². The molecular weight excluding hydrogens is 353 g/mol. The van der Waals surface area contributed by atoms with Gasteiger partial charge in [-0.2, -0.15) is 0 Å². The van der Waals surface area contributed by atoms with E-state index in [0.717, 1.165) is 30.2 Å². The van der Waals surface area contributed by atoms with Crippen molar-refractivity contribution >= 4 is 46.6 Å². The molecule has 0 spiro atoms. The highest BCUT2D eigenvalue weighted by atomic mass is 35.5. The number of benzene rings is 1. The van der Waals surface area contributed by atoms with Gasteiger partial charge in [-0.3, -0.25) is 0 Å². The summed E-state index contributed by atoms with van der Waals surface area (Å²) in [6, 6.07) is 5.89. The number of nitrogens with one attached hydrogen (secondary N) is 1. The highest BCUT2D eigenvalue weighted by molar-refractivity contribution is 7.99. The maximum Gasteiger partial charge on any atom is 0.158 e. The average Bonchev–Trinajstić information content (AvgIpc) is 3.07. The Morgan fingerprint density at radius 1 is 1.39 bits per heavy atom. The first kappa shape index (κ1) is 16.6. The molecule has 1 aliphatic heterocycles. The molecule has 1 aromatic heterocycles. The van der Waals surface area contributed by atoms with Crippen LogP contribution >= 0.6 is 35.0 Å². The van der Waals surface area contributed by atoms with Crippen molar-refractivity contribution in [3.05, 3.63) is 34.4 Å². The Morgan fingerprint density at radius 2 is 2.22 bits per heavy atom. The van der Waals surface area contributed by atoms with Crippen molar-refractivity contribution in [3.63, 3.8) is 0 Å². The molecule has 1 fully saturated rings. The molecule has 1 saturated heterocycles. The molecule has 23 heavy (non-hydrogen) atoms. The molecule has 0 bridgehead atoms. The fraction of sp³-hybridized carbons (Fsp3) is 0.333. The highest BCUT2D eigenvalue weighted by Crippen LogP contribution is 2.38. The van der Waals surface area contributed by atoms with E-state index in [4.69, 9.17) is 28.9 Å².